The molecule has 8 heteroatoms. The molecule has 0 heterocycles. The minimum atomic E-state index is -3.86. The molecular weight excluding hydrogens is 323 g/mol. The topological polar surface area (TPSA) is 98.5 Å². The summed E-state index contributed by atoms with van der Waals surface area (Å²) in [7, 11) is -2.51. The van der Waals surface area contributed by atoms with Gasteiger partial charge in [-0.3, -0.25) is 4.79 Å². The maximum Gasteiger partial charge on any atom is 0.252 e. The van der Waals surface area contributed by atoms with E-state index < -0.39 is 21.7 Å². The van der Waals surface area contributed by atoms with Crippen LogP contribution in [0.25, 0.3) is 0 Å². The molecule has 0 spiro atoms. The average molecular weight is 338 g/mol. The lowest BCUT2D eigenvalue weighted by molar-refractivity contribution is 0.0997. The lowest BCUT2D eigenvalue weighted by Crippen LogP contribution is -2.24. The third kappa shape index (κ3) is 4.05. The van der Waals surface area contributed by atoms with Crippen LogP contribution in [-0.2, 0) is 16.6 Å². The van der Waals surface area contributed by atoms with Crippen LogP contribution in [0.5, 0.6) is 5.75 Å². The smallest absolute Gasteiger partial charge is 0.252 e. The van der Waals surface area contributed by atoms with Crippen molar-refractivity contribution in [1.82, 2.24) is 4.72 Å². The number of nitrogens with two attached hydrogens (primary N) is 1. The third-order valence-electron chi connectivity index (χ3n) is 3.13. The summed E-state index contributed by atoms with van der Waals surface area (Å²) in [5, 5.41) is 0. The van der Waals surface area contributed by atoms with E-state index in [9.17, 15) is 17.6 Å². The molecule has 23 heavy (non-hydrogen) atoms. The number of nitrogens with one attached hydrogen (secondary N) is 1. The van der Waals surface area contributed by atoms with E-state index in [1.54, 1.807) is 0 Å². The van der Waals surface area contributed by atoms with Crippen molar-refractivity contribution >= 4 is 15.9 Å². The Morgan fingerprint density at radius 2 is 1.87 bits per heavy atom. The van der Waals surface area contributed by atoms with Gasteiger partial charge in [0.05, 0.1) is 17.6 Å². The van der Waals surface area contributed by atoms with Gasteiger partial charge in [-0.1, -0.05) is 12.1 Å². The molecule has 0 radical (unpaired) electrons. The molecule has 0 atom stereocenters. The van der Waals surface area contributed by atoms with Gasteiger partial charge in [0.2, 0.25) is 10.0 Å². The zero-order valence-electron chi connectivity index (χ0n) is 12.2. The van der Waals surface area contributed by atoms with Gasteiger partial charge in [-0.15, -0.1) is 0 Å². The van der Waals surface area contributed by atoms with Gasteiger partial charge < -0.3 is 10.5 Å². The van der Waals surface area contributed by atoms with Crippen molar-refractivity contribution in [3.05, 3.63) is 59.4 Å². The first kappa shape index (κ1) is 16.9. The van der Waals surface area contributed by atoms with E-state index in [1.807, 2.05) is 0 Å². The number of hydrogen-bond acceptors (Lipinski definition) is 4. The lowest BCUT2D eigenvalue weighted by atomic mass is 10.2. The van der Waals surface area contributed by atoms with Crippen molar-refractivity contribution in [2.75, 3.05) is 7.11 Å². The monoisotopic (exact) mass is 338 g/mol. The molecule has 2 rings (SSSR count). The number of hydrogen-bond donors (Lipinski definition) is 2. The fourth-order valence-corrected chi connectivity index (χ4v) is 2.95. The van der Waals surface area contributed by atoms with E-state index in [-0.39, 0.29) is 22.8 Å². The Balaban J connectivity index is 2.23. The van der Waals surface area contributed by atoms with Crippen LogP contribution in [0.3, 0.4) is 0 Å². The maximum atomic E-state index is 12.8. The van der Waals surface area contributed by atoms with Crippen molar-refractivity contribution in [3.8, 4) is 5.75 Å². The largest absolute Gasteiger partial charge is 0.496 e. The Morgan fingerprint density at radius 1 is 1.22 bits per heavy atom. The third-order valence-corrected chi connectivity index (χ3v) is 4.53. The summed E-state index contributed by atoms with van der Waals surface area (Å²) < 4.78 is 44.7. The maximum absolute atomic E-state index is 12.8. The zero-order valence-corrected chi connectivity index (χ0v) is 13.1. The summed E-state index contributed by atoms with van der Waals surface area (Å²) in [6.45, 7) is -0.0133. The van der Waals surface area contributed by atoms with Crippen LogP contribution in [0.4, 0.5) is 4.39 Å². The van der Waals surface area contributed by atoms with E-state index >= 15 is 0 Å². The molecule has 0 saturated heterocycles. The molecule has 2 aromatic rings. The predicted octanol–water partition coefficient (Wildman–Crippen LogP) is 1.41. The number of halogens is 1. The fraction of sp³-hybridized carbons (Fsp3) is 0.133. The minimum Gasteiger partial charge on any atom is -0.496 e. The number of carbonyl (C=O) groups is 1. The van der Waals surface area contributed by atoms with Crippen LogP contribution in [-0.4, -0.2) is 21.4 Å². The van der Waals surface area contributed by atoms with E-state index in [1.165, 1.54) is 43.5 Å². The van der Waals surface area contributed by atoms with Gasteiger partial charge in [0.1, 0.15) is 11.6 Å². The normalized spacial score (nSPS) is 11.2. The number of rotatable bonds is 6. The molecule has 3 N–H and O–H groups in total. The van der Waals surface area contributed by atoms with Gasteiger partial charge in [0.15, 0.2) is 0 Å². The van der Waals surface area contributed by atoms with Crippen LogP contribution >= 0.6 is 0 Å². The highest BCUT2D eigenvalue weighted by Crippen LogP contribution is 2.22. The molecule has 6 nitrogen and oxygen atoms in total. The molecular formula is C15H15FN2O4S. The zero-order chi connectivity index (χ0) is 17.0. The summed E-state index contributed by atoms with van der Waals surface area (Å²) in [4.78, 5) is 11.2. The molecule has 2 aromatic carbocycles. The van der Waals surface area contributed by atoms with E-state index in [0.29, 0.717) is 5.56 Å². The molecule has 0 bridgehead atoms. The Hall–Kier alpha value is -2.45. The quantitative estimate of drug-likeness (QED) is 0.832. The van der Waals surface area contributed by atoms with Gasteiger partial charge in [-0.05, 0) is 35.9 Å². The Kier molecular flexibility index (Phi) is 4.97. The second-order valence-corrected chi connectivity index (χ2v) is 6.44. The van der Waals surface area contributed by atoms with Crippen LogP contribution in [0.2, 0.25) is 0 Å². The number of carbonyl (C=O) groups excluding carboxylic acids is 1. The van der Waals surface area contributed by atoms with E-state index in [2.05, 4.69) is 4.72 Å². The minimum absolute atomic E-state index is 0.0133. The van der Waals surface area contributed by atoms with Crippen LogP contribution in [0.1, 0.15) is 15.9 Å². The number of sulfonamides is 1. The predicted molar refractivity (Wildman–Crippen MR) is 81.9 cm³/mol. The summed E-state index contributed by atoms with van der Waals surface area (Å²) in [5.41, 5.74) is 5.78. The van der Waals surface area contributed by atoms with Crippen molar-refractivity contribution < 1.29 is 22.3 Å². The van der Waals surface area contributed by atoms with Gasteiger partial charge >= 0.3 is 0 Å². The fourth-order valence-electron chi connectivity index (χ4n) is 1.91. The molecule has 0 aliphatic carbocycles. The Labute approximate surface area is 133 Å². The molecule has 0 saturated carbocycles. The number of ether oxygens (including phenoxy) is 1. The summed E-state index contributed by atoms with van der Waals surface area (Å²) in [6.07, 6.45) is 0. The molecule has 0 aliphatic heterocycles. The van der Waals surface area contributed by atoms with Gasteiger partial charge in [0, 0.05) is 6.54 Å². The number of methoxy groups -OCH3 is 1. The summed E-state index contributed by atoms with van der Waals surface area (Å²) >= 11 is 0. The Morgan fingerprint density at radius 3 is 2.43 bits per heavy atom. The highest BCUT2D eigenvalue weighted by Gasteiger charge is 2.18. The second-order valence-electron chi connectivity index (χ2n) is 4.68. The van der Waals surface area contributed by atoms with Crippen molar-refractivity contribution in [3.63, 3.8) is 0 Å². The van der Waals surface area contributed by atoms with E-state index in [0.717, 1.165) is 6.07 Å². The highest BCUT2D eigenvalue weighted by molar-refractivity contribution is 7.89. The van der Waals surface area contributed by atoms with Gasteiger partial charge in [-0.2, -0.15) is 0 Å². The average Bonchev–Trinajstić information content (AvgIpc) is 2.53. The first-order valence-corrected chi connectivity index (χ1v) is 8.04. The first-order valence-electron chi connectivity index (χ1n) is 6.55. The van der Waals surface area contributed by atoms with E-state index in [4.69, 9.17) is 10.5 Å². The highest BCUT2D eigenvalue weighted by atomic mass is 32.2. The van der Waals surface area contributed by atoms with Gasteiger partial charge in [0.25, 0.3) is 5.91 Å². The molecule has 0 aliphatic rings. The number of benzene rings is 2. The van der Waals surface area contributed by atoms with Crippen LogP contribution in [0, 0.1) is 5.82 Å². The summed E-state index contributed by atoms with van der Waals surface area (Å²) in [5.74, 6) is -1.01. The van der Waals surface area contributed by atoms with Crippen molar-refractivity contribution in [1.29, 1.82) is 0 Å². The van der Waals surface area contributed by atoms with Crippen LogP contribution < -0.4 is 15.2 Å². The number of primary amides is 1. The van der Waals surface area contributed by atoms with Crippen molar-refractivity contribution in [2.24, 2.45) is 5.73 Å². The SMILES string of the molecule is COc1ccc(S(=O)(=O)NCc2ccc(F)cc2)cc1C(N)=O. The van der Waals surface area contributed by atoms with Gasteiger partial charge in [-0.25, -0.2) is 17.5 Å². The molecule has 0 fully saturated rings. The molecule has 0 aromatic heterocycles. The standard InChI is InChI=1S/C15H15FN2O4S/c1-22-14-7-6-12(8-13(14)15(17)19)23(20,21)18-9-10-2-4-11(16)5-3-10/h2-8,18H,9H2,1H3,(H2,17,19). The molecule has 122 valence electrons. The summed E-state index contributed by atoms with van der Waals surface area (Å²) in [6, 6.07) is 9.23. The first-order chi connectivity index (χ1) is 10.8. The second kappa shape index (κ2) is 6.76. The molecule has 1 amide bonds. The van der Waals surface area contributed by atoms with Crippen LogP contribution in [0.15, 0.2) is 47.4 Å². The Bertz CT molecular complexity index is 820. The van der Waals surface area contributed by atoms with Crippen molar-refractivity contribution in [2.45, 2.75) is 11.4 Å². The lowest BCUT2D eigenvalue weighted by Gasteiger charge is -2.10. The molecule has 0 unspecified atom stereocenters. The number of amides is 1.